The molecule has 1 heterocycles. The summed E-state index contributed by atoms with van der Waals surface area (Å²) in [7, 11) is 0. The minimum atomic E-state index is -1.32. The molecule has 0 aliphatic heterocycles. The molecule has 0 radical (unpaired) electrons. The van der Waals surface area contributed by atoms with E-state index in [-0.39, 0.29) is 17.2 Å². The van der Waals surface area contributed by atoms with Crippen molar-refractivity contribution < 1.29 is 23.4 Å². The van der Waals surface area contributed by atoms with Crippen molar-refractivity contribution in [1.82, 2.24) is 4.98 Å². The van der Waals surface area contributed by atoms with Crippen LogP contribution >= 0.6 is 23.2 Å². The summed E-state index contributed by atoms with van der Waals surface area (Å²) in [4.78, 5) is 15.7. The van der Waals surface area contributed by atoms with Gasteiger partial charge in [-0.05, 0) is 66.3 Å². The first-order chi connectivity index (χ1) is 15.3. The van der Waals surface area contributed by atoms with Gasteiger partial charge in [0.2, 0.25) is 5.88 Å². The molecule has 3 aromatic rings. The van der Waals surface area contributed by atoms with Crippen LogP contribution in [0, 0.1) is 11.6 Å². The standard InChI is InChI=1S/C24H17Cl2F2NO3/c25-15-9-19(23(29-11-15)32-12-14-4-6-16(27)10-21(14)26)18-3-1-2-17(18)13-5-7-22(28)20(8-13)24(30)31/h4-11H,1-3,12H2,(H,30,31). The highest BCUT2D eigenvalue weighted by atomic mass is 35.5. The van der Waals surface area contributed by atoms with Crippen LogP contribution in [-0.2, 0) is 6.61 Å². The molecule has 32 heavy (non-hydrogen) atoms. The molecule has 0 saturated heterocycles. The number of nitrogens with zero attached hydrogens (tertiary/aromatic N) is 1. The van der Waals surface area contributed by atoms with Gasteiger partial charge in [0.15, 0.2) is 0 Å². The summed E-state index contributed by atoms with van der Waals surface area (Å²) in [6, 6.07) is 9.85. The van der Waals surface area contributed by atoms with Crippen LogP contribution in [0.4, 0.5) is 8.78 Å². The fourth-order valence-electron chi connectivity index (χ4n) is 3.78. The molecule has 0 unspecified atom stereocenters. The van der Waals surface area contributed by atoms with Crippen molar-refractivity contribution in [1.29, 1.82) is 0 Å². The molecule has 1 aromatic heterocycles. The molecule has 2 aromatic carbocycles. The number of allylic oxidation sites excluding steroid dienone is 2. The van der Waals surface area contributed by atoms with Crippen molar-refractivity contribution in [3.8, 4) is 5.88 Å². The summed E-state index contributed by atoms with van der Waals surface area (Å²) in [5, 5.41) is 9.93. The topological polar surface area (TPSA) is 59.4 Å². The minimum Gasteiger partial charge on any atom is -0.478 e. The molecule has 0 bridgehead atoms. The predicted molar refractivity (Wildman–Crippen MR) is 119 cm³/mol. The lowest BCUT2D eigenvalue weighted by Gasteiger charge is -2.15. The number of rotatable bonds is 6. The van der Waals surface area contributed by atoms with Crippen LogP contribution in [0.2, 0.25) is 10.0 Å². The van der Waals surface area contributed by atoms with Crippen molar-refractivity contribution in [2.75, 3.05) is 0 Å². The number of aromatic carboxylic acids is 1. The summed E-state index contributed by atoms with van der Waals surface area (Å²) < 4.78 is 33.1. The average molecular weight is 476 g/mol. The first kappa shape index (κ1) is 22.2. The van der Waals surface area contributed by atoms with Crippen LogP contribution in [0.5, 0.6) is 5.88 Å². The highest BCUT2D eigenvalue weighted by molar-refractivity contribution is 6.31. The Morgan fingerprint density at radius 2 is 1.84 bits per heavy atom. The van der Waals surface area contributed by atoms with Gasteiger partial charge in [0.05, 0.1) is 15.6 Å². The third kappa shape index (κ3) is 4.61. The quantitative estimate of drug-likeness (QED) is 0.415. The fourth-order valence-corrected chi connectivity index (χ4v) is 4.16. The number of ether oxygens (including phenoxy) is 1. The van der Waals surface area contributed by atoms with Gasteiger partial charge in [0.25, 0.3) is 0 Å². The van der Waals surface area contributed by atoms with Crippen molar-refractivity contribution in [3.63, 3.8) is 0 Å². The number of hydrogen-bond acceptors (Lipinski definition) is 3. The summed E-state index contributed by atoms with van der Waals surface area (Å²) >= 11 is 12.3. The summed E-state index contributed by atoms with van der Waals surface area (Å²) in [5.74, 6) is -2.23. The number of carboxylic acids is 1. The SMILES string of the molecule is O=C(O)c1cc(C2=C(c3cc(Cl)cnc3OCc3ccc(F)cc3Cl)CCC2)ccc1F. The highest BCUT2D eigenvalue weighted by Gasteiger charge is 2.23. The van der Waals surface area contributed by atoms with E-state index >= 15 is 0 Å². The molecule has 1 aliphatic rings. The zero-order chi connectivity index (χ0) is 22.8. The molecule has 1 aliphatic carbocycles. The predicted octanol–water partition coefficient (Wildman–Crippen LogP) is 7.04. The van der Waals surface area contributed by atoms with E-state index < -0.39 is 17.6 Å². The Hall–Kier alpha value is -2.96. The molecule has 4 nitrogen and oxygen atoms in total. The smallest absolute Gasteiger partial charge is 0.338 e. The lowest BCUT2D eigenvalue weighted by Crippen LogP contribution is -2.03. The molecule has 0 atom stereocenters. The normalized spacial score (nSPS) is 13.5. The molecule has 0 saturated carbocycles. The fraction of sp³-hybridized carbons (Fsp3) is 0.167. The summed E-state index contributed by atoms with van der Waals surface area (Å²) in [6.07, 6.45) is 3.68. The number of halogens is 4. The van der Waals surface area contributed by atoms with Crippen LogP contribution in [0.1, 0.15) is 46.3 Å². The van der Waals surface area contributed by atoms with E-state index in [9.17, 15) is 18.7 Å². The maximum atomic E-state index is 13.9. The summed E-state index contributed by atoms with van der Waals surface area (Å²) in [6.45, 7) is 0.0725. The van der Waals surface area contributed by atoms with Crippen LogP contribution in [0.25, 0.3) is 11.1 Å². The van der Waals surface area contributed by atoms with E-state index in [1.54, 1.807) is 18.2 Å². The maximum absolute atomic E-state index is 13.9. The second kappa shape index (κ2) is 9.27. The van der Waals surface area contributed by atoms with Crippen LogP contribution in [0.3, 0.4) is 0 Å². The molecular formula is C24H17Cl2F2NO3. The van der Waals surface area contributed by atoms with Crippen molar-refractivity contribution in [2.24, 2.45) is 0 Å². The average Bonchev–Trinajstić information content (AvgIpc) is 3.23. The van der Waals surface area contributed by atoms with Gasteiger partial charge in [0.1, 0.15) is 18.2 Å². The first-order valence-electron chi connectivity index (χ1n) is 9.81. The highest BCUT2D eigenvalue weighted by Crippen LogP contribution is 2.43. The molecule has 0 spiro atoms. The minimum absolute atomic E-state index is 0.0725. The molecule has 1 N–H and O–H groups in total. The Balaban J connectivity index is 1.73. The van der Waals surface area contributed by atoms with Gasteiger partial charge in [-0.25, -0.2) is 18.6 Å². The van der Waals surface area contributed by atoms with Gasteiger partial charge in [-0.15, -0.1) is 0 Å². The number of benzene rings is 2. The molecule has 8 heteroatoms. The van der Waals surface area contributed by atoms with Gasteiger partial charge in [0, 0.05) is 17.3 Å². The number of carbonyl (C=O) groups is 1. The lowest BCUT2D eigenvalue weighted by atomic mass is 9.96. The van der Waals surface area contributed by atoms with Gasteiger partial charge in [-0.3, -0.25) is 0 Å². The van der Waals surface area contributed by atoms with Gasteiger partial charge < -0.3 is 9.84 Å². The Bertz CT molecular complexity index is 1240. The summed E-state index contributed by atoms with van der Waals surface area (Å²) in [5.41, 5.74) is 3.31. The zero-order valence-electron chi connectivity index (χ0n) is 16.7. The molecule has 0 fully saturated rings. The van der Waals surface area contributed by atoms with E-state index in [0.717, 1.165) is 23.6 Å². The molecule has 0 amide bonds. The number of carboxylic acid groups (broad SMARTS) is 1. The van der Waals surface area contributed by atoms with E-state index in [0.29, 0.717) is 40.4 Å². The van der Waals surface area contributed by atoms with Gasteiger partial charge >= 0.3 is 5.97 Å². The van der Waals surface area contributed by atoms with Crippen molar-refractivity contribution >= 4 is 40.3 Å². The van der Waals surface area contributed by atoms with E-state index in [4.69, 9.17) is 27.9 Å². The second-order valence-electron chi connectivity index (χ2n) is 7.34. The van der Waals surface area contributed by atoms with E-state index in [1.807, 2.05) is 0 Å². The van der Waals surface area contributed by atoms with Crippen LogP contribution < -0.4 is 4.74 Å². The van der Waals surface area contributed by atoms with Crippen molar-refractivity contribution in [2.45, 2.75) is 25.9 Å². The number of hydrogen-bond donors (Lipinski definition) is 1. The van der Waals surface area contributed by atoms with E-state index in [2.05, 4.69) is 4.98 Å². The zero-order valence-corrected chi connectivity index (χ0v) is 18.2. The third-order valence-corrected chi connectivity index (χ3v) is 5.84. The first-order valence-corrected chi connectivity index (χ1v) is 10.6. The van der Waals surface area contributed by atoms with Crippen LogP contribution in [-0.4, -0.2) is 16.1 Å². The van der Waals surface area contributed by atoms with Gasteiger partial charge in [-0.1, -0.05) is 35.3 Å². The Morgan fingerprint density at radius 1 is 1.06 bits per heavy atom. The molecule has 4 rings (SSSR count). The van der Waals surface area contributed by atoms with Crippen LogP contribution in [0.15, 0.2) is 48.7 Å². The lowest BCUT2D eigenvalue weighted by molar-refractivity contribution is 0.0692. The van der Waals surface area contributed by atoms with E-state index in [1.165, 1.54) is 24.4 Å². The monoisotopic (exact) mass is 475 g/mol. The molecule has 164 valence electrons. The largest absolute Gasteiger partial charge is 0.478 e. The second-order valence-corrected chi connectivity index (χ2v) is 8.18. The third-order valence-electron chi connectivity index (χ3n) is 5.29. The van der Waals surface area contributed by atoms with Gasteiger partial charge in [-0.2, -0.15) is 0 Å². The number of aromatic nitrogens is 1. The Labute approximate surface area is 193 Å². The Kier molecular flexibility index (Phi) is 6.44. The molecular weight excluding hydrogens is 459 g/mol. The van der Waals surface area contributed by atoms with Crippen molar-refractivity contribution in [3.05, 3.63) is 92.6 Å². The maximum Gasteiger partial charge on any atom is 0.338 e. The number of pyridine rings is 1. The Morgan fingerprint density at radius 3 is 2.59 bits per heavy atom.